The summed E-state index contributed by atoms with van der Waals surface area (Å²) < 4.78 is 6.64. The number of anilines is 1. The number of carbonyl (C=O) groups is 1. The molecule has 3 aromatic rings. The number of pyridine rings is 1. The highest BCUT2D eigenvalue weighted by atomic mass is 35.5. The van der Waals surface area contributed by atoms with Gasteiger partial charge in [-0.05, 0) is 36.4 Å². The molecule has 0 spiro atoms. The molecule has 0 saturated heterocycles. The van der Waals surface area contributed by atoms with Gasteiger partial charge in [-0.1, -0.05) is 17.7 Å². The number of hydrogen-bond donors (Lipinski definition) is 1. The second-order valence-corrected chi connectivity index (χ2v) is 4.75. The van der Waals surface area contributed by atoms with Crippen molar-refractivity contribution in [3.05, 3.63) is 59.4 Å². The van der Waals surface area contributed by atoms with Crippen LogP contribution in [0.1, 0.15) is 10.5 Å². The van der Waals surface area contributed by atoms with Crippen molar-refractivity contribution in [1.29, 1.82) is 0 Å². The van der Waals surface area contributed by atoms with Gasteiger partial charge < -0.3 is 10.1 Å². The molecule has 0 unspecified atom stereocenters. The normalized spacial score (nSPS) is 10.6. The Hall–Kier alpha value is -2.53. The predicted octanol–water partition coefficient (Wildman–Crippen LogP) is 3.25. The quantitative estimate of drug-likeness (QED) is 0.808. The summed E-state index contributed by atoms with van der Waals surface area (Å²) in [6, 6.07) is 12.5. The zero-order chi connectivity index (χ0) is 14.8. The van der Waals surface area contributed by atoms with E-state index in [-0.39, 0.29) is 11.6 Å². The third kappa shape index (κ3) is 2.55. The van der Waals surface area contributed by atoms with Crippen LogP contribution in [0.25, 0.3) is 5.52 Å². The number of ether oxygens (including phenoxy) is 1. The van der Waals surface area contributed by atoms with Crippen molar-refractivity contribution in [2.75, 3.05) is 12.4 Å². The third-order valence-corrected chi connectivity index (χ3v) is 3.42. The average molecular weight is 302 g/mol. The number of benzene rings is 1. The molecule has 1 aromatic carbocycles. The van der Waals surface area contributed by atoms with Gasteiger partial charge >= 0.3 is 0 Å². The fraction of sp³-hybridized carbons (Fsp3) is 0.0667. The van der Waals surface area contributed by atoms with Crippen LogP contribution in [-0.4, -0.2) is 22.6 Å². The van der Waals surface area contributed by atoms with Gasteiger partial charge in [0.25, 0.3) is 5.91 Å². The average Bonchev–Trinajstić information content (AvgIpc) is 2.86. The summed E-state index contributed by atoms with van der Waals surface area (Å²) >= 11 is 6.20. The molecule has 0 atom stereocenters. The van der Waals surface area contributed by atoms with Gasteiger partial charge in [-0.2, -0.15) is 5.10 Å². The number of amides is 1. The van der Waals surface area contributed by atoms with E-state index >= 15 is 0 Å². The molecule has 21 heavy (non-hydrogen) atoms. The maximum absolute atomic E-state index is 12.3. The first kappa shape index (κ1) is 13.5. The van der Waals surface area contributed by atoms with Crippen molar-refractivity contribution in [3.63, 3.8) is 0 Å². The van der Waals surface area contributed by atoms with E-state index in [1.165, 1.54) is 0 Å². The van der Waals surface area contributed by atoms with Crippen molar-refractivity contribution in [1.82, 2.24) is 9.61 Å². The summed E-state index contributed by atoms with van der Waals surface area (Å²) in [5.74, 6) is 0.368. The summed E-state index contributed by atoms with van der Waals surface area (Å²) in [5.41, 5.74) is 1.53. The number of aromatic nitrogens is 2. The van der Waals surface area contributed by atoms with Crippen molar-refractivity contribution in [2.24, 2.45) is 0 Å². The minimum atomic E-state index is -0.353. The van der Waals surface area contributed by atoms with Crippen LogP contribution >= 0.6 is 11.6 Å². The summed E-state index contributed by atoms with van der Waals surface area (Å²) in [7, 11) is 1.59. The number of fused-ring (bicyclic) bond motifs is 1. The van der Waals surface area contributed by atoms with Gasteiger partial charge in [-0.25, -0.2) is 4.52 Å². The summed E-state index contributed by atoms with van der Waals surface area (Å²) in [6.07, 6.45) is 1.74. The molecule has 6 heteroatoms. The Kier molecular flexibility index (Phi) is 3.50. The van der Waals surface area contributed by atoms with Crippen LogP contribution in [-0.2, 0) is 0 Å². The molecule has 0 bridgehead atoms. The Balaban J connectivity index is 1.87. The zero-order valence-corrected chi connectivity index (χ0v) is 12.0. The van der Waals surface area contributed by atoms with E-state index < -0.39 is 0 Å². The van der Waals surface area contributed by atoms with Crippen LogP contribution in [0, 0.1) is 0 Å². The highest BCUT2D eigenvalue weighted by molar-refractivity contribution is 6.37. The Bertz CT molecular complexity index is 796. The lowest BCUT2D eigenvalue weighted by molar-refractivity contribution is 0.102. The third-order valence-electron chi connectivity index (χ3n) is 3.04. The van der Waals surface area contributed by atoms with Crippen LogP contribution in [0.3, 0.4) is 0 Å². The fourth-order valence-corrected chi connectivity index (χ4v) is 2.25. The number of halogens is 1. The fourth-order valence-electron chi connectivity index (χ4n) is 1.98. The second-order valence-electron chi connectivity index (χ2n) is 4.38. The molecule has 0 aliphatic heterocycles. The lowest BCUT2D eigenvalue weighted by atomic mass is 10.3. The highest BCUT2D eigenvalue weighted by Crippen LogP contribution is 2.23. The molecule has 5 nitrogen and oxygen atoms in total. The van der Waals surface area contributed by atoms with E-state index in [2.05, 4.69) is 10.4 Å². The smallest absolute Gasteiger partial charge is 0.277 e. The predicted molar refractivity (Wildman–Crippen MR) is 81.1 cm³/mol. The van der Waals surface area contributed by atoms with Crippen molar-refractivity contribution in [3.8, 4) is 5.75 Å². The van der Waals surface area contributed by atoms with E-state index in [0.717, 1.165) is 5.75 Å². The minimum Gasteiger partial charge on any atom is -0.497 e. The van der Waals surface area contributed by atoms with Gasteiger partial charge in [0.05, 0.1) is 17.6 Å². The molecule has 106 valence electrons. The van der Waals surface area contributed by atoms with Gasteiger partial charge in [-0.15, -0.1) is 0 Å². The second kappa shape index (κ2) is 5.46. The standard InChI is InChI=1S/C15H12ClN3O2/c1-21-11-7-5-10(6-8-11)17-15(20)14-13(16)12-4-2-3-9-19(12)18-14/h2-9H,1H3,(H,17,20). The molecule has 0 radical (unpaired) electrons. The first-order valence-corrected chi connectivity index (χ1v) is 6.65. The zero-order valence-electron chi connectivity index (χ0n) is 11.2. The Morgan fingerprint density at radius 2 is 2.00 bits per heavy atom. The van der Waals surface area contributed by atoms with Gasteiger partial charge in [-0.3, -0.25) is 4.79 Å². The molecule has 1 N–H and O–H groups in total. The molecule has 0 aliphatic carbocycles. The van der Waals surface area contributed by atoms with Gasteiger partial charge in [0.2, 0.25) is 0 Å². The Morgan fingerprint density at radius 1 is 1.24 bits per heavy atom. The lowest BCUT2D eigenvalue weighted by Crippen LogP contribution is -2.13. The topological polar surface area (TPSA) is 55.6 Å². The maximum atomic E-state index is 12.3. The molecule has 0 fully saturated rings. The lowest BCUT2D eigenvalue weighted by Gasteiger charge is -2.04. The van der Waals surface area contributed by atoms with Crippen LogP contribution < -0.4 is 10.1 Å². The first-order valence-electron chi connectivity index (χ1n) is 6.27. The van der Waals surface area contributed by atoms with E-state index in [1.54, 1.807) is 48.2 Å². The number of hydrogen-bond acceptors (Lipinski definition) is 3. The maximum Gasteiger partial charge on any atom is 0.277 e. The van der Waals surface area contributed by atoms with Gasteiger partial charge in [0.15, 0.2) is 5.69 Å². The van der Waals surface area contributed by atoms with Crippen molar-refractivity contribution in [2.45, 2.75) is 0 Å². The monoisotopic (exact) mass is 301 g/mol. The SMILES string of the molecule is COc1ccc(NC(=O)c2nn3ccccc3c2Cl)cc1. The number of rotatable bonds is 3. The largest absolute Gasteiger partial charge is 0.497 e. The molecule has 0 aliphatic rings. The van der Waals surface area contributed by atoms with Crippen LogP contribution in [0.5, 0.6) is 5.75 Å². The Morgan fingerprint density at radius 3 is 2.67 bits per heavy atom. The van der Waals surface area contributed by atoms with Crippen molar-refractivity contribution >= 4 is 28.7 Å². The number of carbonyl (C=O) groups excluding carboxylic acids is 1. The van der Waals surface area contributed by atoms with E-state index in [9.17, 15) is 4.79 Å². The molecular weight excluding hydrogens is 290 g/mol. The molecule has 1 amide bonds. The molecule has 2 heterocycles. The van der Waals surface area contributed by atoms with E-state index in [1.807, 2.05) is 12.1 Å². The van der Waals surface area contributed by atoms with Gasteiger partial charge in [0, 0.05) is 11.9 Å². The number of methoxy groups -OCH3 is 1. The van der Waals surface area contributed by atoms with Crippen LogP contribution in [0.15, 0.2) is 48.7 Å². The number of nitrogens with zero attached hydrogens (tertiary/aromatic N) is 2. The van der Waals surface area contributed by atoms with Crippen molar-refractivity contribution < 1.29 is 9.53 Å². The Labute approximate surface area is 126 Å². The molecule has 0 saturated carbocycles. The summed E-state index contributed by atoms with van der Waals surface area (Å²) in [4.78, 5) is 12.3. The van der Waals surface area contributed by atoms with Gasteiger partial charge in [0.1, 0.15) is 5.75 Å². The summed E-state index contributed by atoms with van der Waals surface area (Å²) in [6.45, 7) is 0. The minimum absolute atomic E-state index is 0.193. The van der Waals surface area contributed by atoms with Crippen LogP contribution in [0.4, 0.5) is 5.69 Å². The van der Waals surface area contributed by atoms with E-state index in [0.29, 0.717) is 16.2 Å². The number of nitrogens with one attached hydrogen (secondary N) is 1. The van der Waals surface area contributed by atoms with E-state index in [4.69, 9.17) is 16.3 Å². The first-order chi connectivity index (χ1) is 10.2. The highest BCUT2D eigenvalue weighted by Gasteiger charge is 2.17. The van der Waals surface area contributed by atoms with Crippen LogP contribution in [0.2, 0.25) is 5.02 Å². The molecule has 3 rings (SSSR count). The summed E-state index contributed by atoms with van der Waals surface area (Å²) in [5, 5.41) is 7.28. The molecular formula is C15H12ClN3O2. The molecule has 2 aromatic heterocycles.